The number of amides is 1. The van der Waals surface area contributed by atoms with E-state index in [-0.39, 0.29) is 5.91 Å². The van der Waals surface area contributed by atoms with Crippen molar-refractivity contribution in [1.29, 1.82) is 0 Å². The molecular weight excluding hydrogens is 232 g/mol. The lowest BCUT2D eigenvalue weighted by Crippen LogP contribution is -2.47. The van der Waals surface area contributed by atoms with Gasteiger partial charge in [0.15, 0.2) is 0 Å². The zero-order valence-electron chi connectivity index (χ0n) is 11.2. The third-order valence-corrected chi connectivity index (χ3v) is 2.86. The summed E-state index contributed by atoms with van der Waals surface area (Å²) in [5, 5.41) is 2.76. The average molecular weight is 252 g/mol. The average Bonchev–Trinajstić information content (AvgIpc) is 2.37. The van der Waals surface area contributed by atoms with Gasteiger partial charge in [-0.25, -0.2) is 0 Å². The van der Waals surface area contributed by atoms with Gasteiger partial charge < -0.3 is 20.5 Å². The first-order chi connectivity index (χ1) is 8.42. The number of methoxy groups -OCH3 is 2. The number of rotatable bonds is 5. The van der Waals surface area contributed by atoms with E-state index in [1.165, 1.54) is 0 Å². The van der Waals surface area contributed by atoms with Crippen LogP contribution in [0.5, 0.6) is 11.5 Å². The van der Waals surface area contributed by atoms with Gasteiger partial charge in [-0.3, -0.25) is 4.79 Å². The molecule has 0 heterocycles. The van der Waals surface area contributed by atoms with Gasteiger partial charge in [-0.2, -0.15) is 0 Å². The van der Waals surface area contributed by atoms with E-state index in [1.807, 2.05) is 6.92 Å². The van der Waals surface area contributed by atoms with Crippen molar-refractivity contribution >= 4 is 11.6 Å². The molecule has 18 heavy (non-hydrogen) atoms. The van der Waals surface area contributed by atoms with Crippen LogP contribution >= 0.6 is 0 Å². The maximum atomic E-state index is 11.9. The highest BCUT2D eigenvalue weighted by atomic mass is 16.5. The van der Waals surface area contributed by atoms with Gasteiger partial charge >= 0.3 is 0 Å². The highest BCUT2D eigenvalue weighted by Gasteiger charge is 2.26. The van der Waals surface area contributed by atoms with E-state index in [0.29, 0.717) is 23.6 Å². The molecule has 0 aliphatic heterocycles. The van der Waals surface area contributed by atoms with Crippen LogP contribution in [-0.2, 0) is 4.79 Å². The molecule has 0 bridgehead atoms. The predicted octanol–water partition coefficient (Wildman–Crippen LogP) is 1.77. The topological polar surface area (TPSA) is 73.6 Å². The lowest BCUT2D eigenvalue weighted by Gasteiger charge is -2.21. The molecule has 0 saturated heterocycles. The molecule has 1 unspecified atom stereocenters. The number of nitrogens with one attached hydrogen (secondary N) is 1. The maximum absolute atomic E-state index is 11.9. The van der Waals surface area contributed by atoms with Crippen molar-refractivity contribution in [2.24, 2.45) is 5.73 Å². The van der Waals surface area contributed by atoms with Crippen LogP contribution in [-0.4, -0.2) is 25.7 Å². The Kier molecular flexibility index (Phi) is 4.55. The van der Waals surface area contributed by atoms with Gasteiger partial charge in [0.1, 0.15) is 11.5 Å². The molecule has 1 aromatic carbocycles. The highest BCUT2D eigenvalue weighted by molar-refractivity contribution is 5.97. The van der Waals surface area contributed by atoms with Gasteiger partial charge in [-0.1, -0.05) is 6.92 Å². The fourth-order valence-corrected chi connectivity index (χ4v) is 1.31. The first-order valence-corrected chi connectivity index (χ1v) is 5.76. The Morgan fingerprint density at radius 1 is 1.28 bits per heavy atom. The van der Waals surface area contributed by atoms with Crippen LogP contribution in [0, 0.1) is 0 Å². The number of anilines is 1. The molecule has 0 aromatic heterocycles. The van der Waals surface area contributed by atoms with Crippen molar-refractivity contribution in [3.8, 4) is 11.5 Å². The smallest absolute Gasteiger partial charge is 0.244 e. The molecule has 1 rings (SSSR count). The minimum atomic E-state index is -0.893. The van der Waals surface area contributed by atoms with E-state index in [2.05, 4.69) is 5.32 Å². The van der Waals surface area contributed by atoms with E-state index >= 15 is 0 Å². The lowest BCUT2D eigenvalue weighted by atomic mass is 9.99. The SMILES string of the molecule is CCC(C)(N)C(=O)Nc1cc(OC)cc(OC)c1. The zero-order chi connectivity index (χ0) is 13.8. The van der Waals surface area contributed by atoms with Gasteiger partial charge in [0.2, 0.25) is 5.91 Å². The van der Waals surface area contributed by atoms with Gasteiger partial charge in [-0.15, -0.1) is 0 Å². The van der Waals surface area contributed by atoms with E-state index in [1.54, 1.807) is 39.3 Å². The Bertz CT molecular complexity index is 408. The third kappa shape index (κ3) is 3.37. The molecule has 0 aliphatic rings. The summed E-state index contributed by atoms with van der Waals surface area (Å²) in [6.45, 7) is 3.56. The number of benzene rings is 1. The third-order valence-electron chi connectivity index (χ3n) is 2.86. The Hall–Kier alpha value is -1.75. The summed E-state index contributed by atoms with van der Waals surface area (Å²) >= 11 is 0. The Balaban J connectivity index is 2.93. The van der Waals surface area contributed by atoms with Crippen molar-refractivity contribution in [2.45, 2.75) is 25.8 Å². The molecular formula is C13H20N2O3. The summed E-state index contributed by atoms with van der Waals surface area (Å²) in [5.74, 6) is 0.986. The molecule has 100 valence electrons. The van der Waals surface area contributed by atoms with E-state index in [4.69, 9.17) is 15.2 Å². The molecule has 0 saturated carbocycles. The van der Waals surface area contributed by atoms with Crippen molar-refractivity contribution < 1.29 is 14.3 Å². The van der Waals surface area contributed by atoms with Crippen molar-refractivity contribution in [3.05, 3.63) is 18.2 Å². The van der Waals surface area contributed by atoms with Crippen LogP contribution in [0.25, 0.3) is 0 Å². The number of hydrogen-bond acceptors (Lipinski definition) is 4. The number of hydrogen-bond donors (Lipinski definition) is 2. The van der Waals surface area contributed by atoms with Gasteiger partial charge in [0.05, 0.1) is 19.8 Å². The van der Waals surface area contributed by atoms with Crippen molar-refractivity contribution in [3.63, 3.8) is 0 Å². The van der Waals surface area contributed by atoms with Crippen molar-refractivity contribution in [1.82, 2.24) is 0 Å². The molecule has 0 aliphatic carbocycles. The van der Waals surface area contributed by atoms with Crippen LogP contribution in [0.2, 0.25) is 0 Å². The quantitative estimate of drug-likeness (QED) is 0.837. The molecule has 5 heteroatoms. The second kappa shape index (κ2) is 5.73. The molecule has 3 N–H and O–H groups in total. The summed E-state index contributed by atoms with van der Waals surface area (Å²) in [7, 11) is 3.11. The summed E-state index contributed by atoms with van der Waals surface area (Å²) in [5.41, 5.74) is 5.58. The zero-order valence-corrected chi connectivity index (χ0v) is 11.2. The first-order valence-electron chi connectivity index (χ1n) is 5.76. The standard InChI is InChI=1S/C13H20N2O3/c1-5-13(2,14)12(16)15-9-6-10(17-3)8-11(7-9)18-4/h6-8H,5,14H2,1-4H3,(H,15,16). The molecule has 0 fully saturated rings. The molecule has 5 nitrogen and oxygen atoms in total. The highest BCUT2D eigenvalue weighted by Crippen LogP contribution is 2.26. The molecule has 0 radical (unpaired) electrons. The minimum Gasteiger partial charge on any atom is -0.497 e. The van der Waals surface area contributed by atoms with Gasteiger partial charge in [-0.05, 0) is 13.3 Å². The Labute approximate surface area is 107 Å². The normalized spacial score (nSPS) is 13.6. The van der Waals surface area contributed by atoms with E-state index in [9.17, 15) is 4.79 Å². The second-order valence-corrected chi connectivity index (χ2v) is 4.33. The summed E-state index contributed by atoms with van der Waals surface area (Å²) in [6.07, 6.45) is 0.555. The van der Waals surface area contributed by atoms with Crippen LogP contribution < -0.4 is 20.5 Å². The van der Waals surface area contributed by atoms with Crippen molar-refractivity contribution in [2.75, 3.05) is 19.5 Å². The van der Waals surface area contributed by atoms with E-state index in [0.717, 1.165) is 0 Å². The summed E-state index contributed by atoms with van der Waals surface area (Å²) in [4.78, 5) is 11.9. The molecule has 1 amide bonds. The second-order valence-electron chi connectivity index (χ2n) is 4.33. The van der Waals surface area contributed by atoms with Crippen LogP contribution in [0.1, 0.15) is 20.3 Å². The fraction of sp³-hybridized carbons (Fsp3) is 0.462. The maximum Gasteiger partial charge on any atom is 0.244 e. The Morgan fingerprint density at radius 3 is 2.17 bits per heavy atom. The fourth-order valence-electron chi connectivity index (χ4n) is 1.31. The minimum absolute atomic E-state index is 0.236. The summed E-state index contributed by atoms with van der Waals surface area (Å²) in [6, 6.07) is 5.16. The lowest BCUT2D eigenvalue weighted by molar-refractivity contribution is -0.120. The number of carbonyl (C=O) groups excluding carboxylic acids is 1. The van der Waals surface area contributed by atoms with Crippen LogP contribution in [0.15, 0.2) is 18.2 Å². The largest absolute Gasteiger partial charge is 0.497 e. The van der Waals surface area contributed by atoms with Gasteiger partial charge in [0, 0.05) is 23.9 Å². The monoisotopic (exact) mass is 252 g/mol. The molecule has 1 aromatic rings. The number of nitrogens with two attached hydrogens (primary N) is 1. The van der Waals surface area contributed by atoms with Crippen LogP contribution in [0.4, 0.5) is 5.69 Å². The van der Waals surface area contributed by atoms with E-state index < -0.39 is 5.54 Å². The number of carbonyl (C=O) groups is 1. The predicted molar refractivity (Wildman–Crippen MR) is 71.1 cm³/mol. The molecule has 0 spiro atoms. The van der Waals surface area contributed by atoms with Gasteiger partial charge in [0.25, 0.3) is 0 Å². The first kappa shape index (κ1) is 14.3. The molecule has 1 atom stereocenters. The summed E-state index contributed by atoms with van der Waals surface area (Å²) < 4.78 is 10.3. The Morgan fingerprint density at radius 2 is 1.78 bits per heavy atom. The van der Waals surface area contributed by atoms with Crippen LogP contribution in [0.3, 0.4) is 0 Å². The number of ether oxygens (including phenoxy) is 2.